The quantitative estimate of drug-likeness (QED) is 0.435. The van der Waals surface area contributed by atoms with E-state index in [0.29, 0.717) is 22.0 Å². The molecule has 0 fully saturated rings. The Morgan fingerprint density at radius 3 is 2.38 bits per heavy atom. The van der Waals surface area contributed by atoms with Crippen LogP contribution in [-0.2, 0) is 6.42 Å². The molecule has 7 heteroatoms. The van der Waals surface area contributed by atoms with Crippen molar-refractivity contribution in [2.75, 3.05) is 0 Å². The summed E-state index contributed by atoms with van der Waals surface area (Å²) < 4.78 is 40.6. The van der Waals surface area contributed by atoms with Gasteiger partial charge in [0.2, 0.25) is 0 Å². The molecule has 2 rings (SSSR count). The summed E-state index contributed by atoms with van der Waals surface area (Å²) in [5.74, 6) is 3.17. The number of nitrogens with two attached hydrogens (primary N) is 1. The lowest BCUT2D eigenvalue weighted by molar-refractivity contribution is 0.490. The van der Waals surface area contributed by atoms with Gasteiger partial charge in [0.1, 0.15) is 5.82 Å². The van der Waals surface area contributed by atoms with Gasteiger partial charge in [0.25, 0.3) is 0 Å². The van der Waals surface area contributed by atoms with Gasteiger partial charge in [-0.15, -0.1) is 0 Å². The predicted molar refractivity (Wildman–Crippen MR) is 81.9 cm³/mol. The van der Waals surface area contributed by atoms with Gasteiger partial charge in [0, 0.05) is 0 Å². The normalized spacial score (nSPS) is 12.5. The molecule has 2 nitrogen and oxygen atoms in total. The number of hydrogen-bond donors (Lipinski definition) is 2. The number of rotatable bonds is 4. The molecule has 0 heterocycles. The average molecular weight is 424 g/mol. The Kier molecular flexibility index (Phi) is 5.43. The molecule has 2 aromatic rings. The highest BCUT2D eigenvalue weighted by Crippen LogP contribution is 2.31. The molecule has 3 N–H and O–H groups in total. The molecule has 21 heavy (non-hydrogen) atoms. The van der Waals surface area contributed by atoms with E-state index in [1.165, 1.54) is 12.1 Å². The van der Waals surface area contributed by atoms with Gasteiger partial charge < -0.3 is 0 Å². The highest BCUT2D eigenvalue weighted by Gasteiger charge is 2.20. The second-order valence-corrected chi connectivity index (χ2v) is 5.99. The first kappa shape index (κ1) is 16.5. The van der Waals surface area contributed by atoms with Crippen LogP contribution in [0.25, 0.3) is 0 Å². The fourth-order valence-corrected chi connectivity index (χ4v) is 3.02. The first-order valence-electron chi connectivity index (χ1n) is 5.98. The molecular weight excluding hydrogens is 413 g/mol. The molecule has 112 valence electrons. The van der Waals surface area contributed by atoms with Gasteiger partial charge in [-0.25, -0.2) is 13.2 Å². The van der Waals surface area contributed by atoms with Crippen molar-refractivity contribution >= 4 is 31.9 Å². The maximum atomic E-state index is 13.6. The third kappa shape index (κ3) is 3.48. The van der Waals surface area contributed by atoms with Crippen LogP contribution >= 0.6 is 31.9 Å². The molecule has 0 amide bonds. The number of halogens is 5. The van der Waals surface area contributed by atoms with E-state index in [1.54, 1.807) is 12.1 Å². The average Bonchev–Trinajstić information content (AvgIpc) is 2.47. The summed E-state index contributed by atoms with van der Waals surface area (Å²) in [7, 11) is 0. The topological polar surface area (TPSA) is 38.0 Å². The number of hydrogen-bond acceptors (Lipinski definition) is 2. The molecule has 0 saturated carbocycles. The van der Waals surface area contributed by atoms with E-state index in [4.69, 9.17) is 5.84 Å². The highest BCUT2D eigenvalue weighted by molar-refractivity contribution is 9.10. The van der Waals surface area contributed by atoms with Gasteiger partial charge >= 0.3 is 0 Å². The summed E-state index contributed by atoms with van der Waals surface area (Å²) in [4.78, 5) is 0. The van der Waals surface area contributed by atoms with Gasteiger partial charge in [-0.05, 0) is 61.5 Å². The SMILES string of the molecule is NNC(Cc1cccc(F)c1Br)c1ccc(F)c(F)c1Br. The molecule has 0 aliphatic rings. The van der Waals surface area contributed by atoms with Crippen LogP contribution in [0.15, 0.2) is 39.3 Å². The summed E-state index contributed by atoms with van der Waals surface area (Å²) in [5, 5.41) is 0. The Hall–Kier alpha value is -0.890. The predicted octanol–water partition coefficient (Wildman–Crippen LogP) is 4.38. The van der Waals surface area contributed by atoms with Crippen LogP contribution in [0.1, 0.15) is 17.2 Å². The van der Waals surface area contributed by atoms with Crippen molar-refractivity contribution in [3.8, 4) is 0 Å². The first-order valence-corrected chi connectivity index (χ1v) is 7.56. The van der Waals surface area contributed by atoms with Crippen molar-refractivity contribution in [2.45, 2.75) is 12.5 Å². The summed E-state index contributed by atoms with van der Waals surface area (Å²) in [6.07, 6.45) is 0.304. The third-order valence-electron chi connectivity index (χ3n) is 3.10. The lowest BCUT2D eigenvalue weighted by atomic mass is 9.99. The Morgan fingerprint density at radius 1 is 1.00 bits per heavy atom. The van der Waals surface area contributed by atoms with E-state index in [9.17, 15) is 13.2 Å². The Balaban J connectivity index is 2.37. The van der Waals surface area contributed by atoms with Gasteiger partial charge in [0.05, 0.1) is 15.0 Å². The van der Waals surface area contributed by atoms with Crippen molar-refractivity contribution < 1.29 is 13.2 Å². The van der Waals surface area contributed by atoms with Crippen LogP contribution in [0.5, 0.6) is 0 Å². The van der Waals surface area contributed by atoms with Crippen molar-refractivity contribution in [1.82, 2.24) is 5.43 Å². The van der Waals surface area contributed by atoms with E-state index in [2.05, 4.69) is 37.3 Å². The summed E-state index contributed by atoms with van der Waals surface area (Å²) >= 11 is 6.19. The minimum absolute atomic E-state index is 0.00187. The van der Waals surface area contributed by atoms with Crippen LogP contribution in [0.3, 0.4) is 0 Å². The van der Waals surface area contributed by atoms with E-state index in [0.717, 1.165) is 6.07 Å². The Labute approximate surface area is 136 Å². The summed E-state index contributed by atoms with van der Waals surface area (Å²) in [5.41, 5.74) is 3.65. The molecule has 0 aromatic heterocycles. The van der Waals surface area contributed by atoms with E-state index >= 15 is 0 Å². The van der Waals surface area contributed by atoms with Crippen molar-refractivity contribution in [2.24, 2.45) is 5.84 Å². The molecule has 0 aliphatic heterocycles. The first-order chi connectivity index (χ1) is 9.95. The fourth-order valence-electron chi connectivity index (χ4n) is 1.99. The summed E-state index contributed by atoms with van der Waals surface area (Å²) in [6.45, 7) is 0. The molecule has 0 saturated heterocycles. The largest absolute Gasteiger partial charge is 0.271 e. The van der Waals surface area contributed by atoms with Crippen LogP contribution in [0.2, 0.25) is 0 Å². The van der Waals surface area contributed by atoms with Crippen molar-refractivity contribution in [3.05, 3.63) is 67.9 Å². The second kappa shape index (κ2) is 6.91. The standard InChI is InChI=1S/C14H11Br2F3N2/c15-12-7(2-1-3-9(12)17)6-11(21-20)8-4-5-10(18)14(19)13(8)16/h1-5,11,21H,6,20H2. The molecule has 2 aromatic carbocycles. The number of nitrogens with one attached hydrogen (secondary N) is 1. The van der Waals surface area contributed by atoms with Gasteiger partial charge in [-0.1, -0.05) is 18.2 Å². The van der Waals surface area contributed by atoms with Crippen molar-refractivity contribution in [1.29, 1.82) is 0 Å². The zero-order valence-corrected chi connectivity index (χ0v) is 13.8. The van der Waals surface area contributed by atoms with Gasteiger partial charge in [-0.3, -0.25) is 11.3 Å². The molecule has 0 bridgehead atoms. The number of hydrazine groups is 1. The lowest BCUT2D eigenvalue weighted by Crippen LogP contribution is -2.30. The van der Waals surface area contributed by atoms with Crippen LogP contribution in [-0.4, -0.2) is 0 Å². The molecular formula is C14H11Br2F3N2. The third-order valence-corrected chi connectivity index (χ3v) is 4.79. The zero-order chi connectivity index (χ0) is 15.6. The van der Waals surface area contributed by atoms with E-state index < -0.39 is 23.5 Å². The lowest BCUT2D eigenvalue weighted by Gasteiger charge is -2.19. The van der Waals surface area contributed by atoms with E-state index in [-0.39, 0.29) is 4.47 Å². The van der Waals surface area contributed by atoms with E-state index in [1.807, 2.05) is 0 Å². The maximum absolute atomic E-state index is 13.6. The smallest absolute Gasteiger partial charge is 0.173 e. The molecule has 0 radical (unpaired) electrons. The molecule has 0 spiro atoms. The fraction of sp³-hybridized carbons (Fsp3) is 0.143. The Bertz CT molecular complexity index is 665. The monoisotopic (exact) mass is 422 g/mol. The molecule has 1 unspecified atom stereocenters. The Morgan fingerprint density at radius 2 is 1.71 bits per heavy atom. The highest BCUT2D eigenvalue weighted by atomic mass is 79.9. The van der Waals surface area contributed by atoms with Crippen molar-refractivity contribution in [3.63, 3.8) is 0 Å². The minimum Gasteiger partial charge on any atom is -0.271 e. The minimum atomic E-state index is -0.981. The molecule has 1 atom stereocenters. The summed E-state index contributed by atoms with van der Waals surface area (Å²) in [6, 6.07) is 6.58. The number of benzene rings is 2. The van der Waals surface area contributed by atoms with Crippen LogP contribution in [0, 0.1) is 17.5 Å². The second-order valence-electron chi connectivity index (χ2n) is 4.40. The maximum Gasteiger partial charge on any atom is 0.173 e. The molecule has 0 aliphatic carbocycles. The van der Waals surface area contributed by atoms with Crippen LogP contribution < -0.4 is 11.3 Å². The van der Waals surface area contributed by atoms with Gasteiger partial charge in [0.15, 0.2) is 11.6 Å². The van der Waals surface area contributed by atoms with Crippen LogP contribution in [0.4, 0.5) is 13.2 Å². The zero-order valence-electron chi connectivity index (χ0n) is 10.6. The van der Waals surface area contributed by atoms with Gasteiger partial charge in [-0.2, -0.15) is 0 Å².